The van der Waals surface area contributed by atoms with Gasteiger partial charge in [0.1, 0.15) is 12.1 Å². The summed E-state index contributed by atoms with van der Waals surface area (Å²) in [4.78, 5) is 35.3. The minimum absolute atomic E-state index is 0.0537. The molecule has 0 radical (unpaired) electrons. The van der Waals surface area contributed by atoms with Crippen molar-refractivity contribution in [3.63, 3.8) is 0 Å². The van der Waals surface area contributed by atoms with Crippen LogP contribution in [0.25, 0.3) is 11.1 Å². The minimum atomic E-state index is -0.833. The summed E-state index contributed by atoms with van der Waals surface area (Å²) in [6, 6.07) is 15.2. The SMILES string of the molecule is C[C@H](O)[C@@H]1[C@H](CO)ON(Cc2cccc(-c3ccc(C(=O)N[C@H]4CCN(C)C4)cc3)c2)[C@@H]1C(=O)NC12C[C@H]3C1[C@@H]([C@@H]2C)C3(C)C. The molecule has 9 heteroatoms. The van der Waals surface area contributed by atoms with Gasteiger partial charge in [0.15, 0.2) is 0 Å². The van der Waals surface area contributed by atoms with E-state index in [2.05, 4.69) is 49.4 Å². The van der Waals surface area contributed by atoms with Crippen molar-refractivity contribution >= 4 is 11.8 Å². The Kier molecular flexibility index (Phi) is 7.64. The van der Waals surface area contributed by atoms with Gasteiger partial charge in [0, 0.05) is 29.6 Å². The van der Waals surface area contributed by atoms with Crippen LogP contribution in [0.4, 0.5) is 0 Å². The standard InChI is InChI=1S/C36H48N4O5/c1-20-30-31-27(35(30,3)4)16-36(20,31)38-34(44)32-29(21(2)42)28(19-41)45-40(32)17-22-7-6-8-25(15-22)23-9-11-24(12-10-23)33(43)37-26-13-14-39(5)18-26/h6-12,15,20-21,26-32,41-42H,13-14,16-19H2,1-5H3,(H,37,43)(H,38,44)/t20-,21-,26-,27-,28-,29+,30+,31?,32-,36?/m0/s1. The van der Waals surface area contributed by atoms with Crippen molar-refractivity contribution in [2.45, 2.75) is 76.9 Å². The third-order valence-corrected chi connectivity index (χ3v) is 12.3. The van der Waals surface area contributed by atoms with Crippen molar-refractivity contribution in [2.75, 3.05) is 26.7 Å². The number of aliphatic hydroxyl groups is 2. The average Bonchev–Trinajstić information content (AvgIpc) is 3.59. The van der Waals surface area contributed by atoms with Crippen molar-refractivity contribution in [2.24, 2.45) is 35.0 Å². The summed E-state index contributed by atoms with van der Waals surface area (Å²) in [6.07, 6.45) is 0.464. The Morgan fingerprint density at radius 2 is 1.87 bits per heavy atom. The Morgan fingerprint density at radius 1 is 1.11 bits per heavy atom. The number of hydrogen-bond donors (Lipinski definition) is 4. The number of nitrogens with zero attached hydrogens (tertiary/aromatic N) is 2. The molecular weight excluding hydrogens is 568 g/mol. The smallest absolute Gasteiger partial charge is 0.251 e. The van der Waals surface area contributed by atoms with Crippen LogP contribution in [0.15, 0.2) is 48.5 Å². The summed E-state index contributed by atoms with van der Waals surface area (Å²) in [5.41, 5.74) is 3.73. The highest BCUT2D eigenvalue weighted by Crippen LogP contribution is 2.81. The van der Waals surface area contributed by atoms with Crippen LogP contribution in [-0.4, -0.2) is 88.6 Å². The third-order valence-electron chi connectivity index (χ3n) is 12.3. The first-order chi connectivity index (χ1) is 21.4. The number of likely N-dealkylation sites (tertiary alicyclic amines) is 1. The number of aliphatic hydroxyl groups excluding tert-OH is 2. The van der Waals surface area contributed by atoms with E-state index in [4.69, 9.17) is 4.84 Å². The predicted octanol–water partition coefficient (Wildman–Crippen LogP) is 3.06. The van der Waals surface area contributed by atoms with Crippen molar-refractivity contribution in [3.8, 4) is 11.1 Å². The molecule has 2 heterocycles. The van der Waals surface area contributed by atoms with Crippen molar-refractivity contribution < 1.29 is 24.6 Å². The van der Waals surface area contributed by atoms with E-state index in [0.29, 0.717) is 41.2 Å². The molecule has 5 aliphatic rings. The second-order valence-electron chi connectivity index (χ2n) is 15.2. The van der Waals surface area contributed by atoms with Gasteiger partial charge in [-0.2, -0.15) is 5.06 Å². The molecule has 7 rings (SSSR count). The molecule has 2 amide bonds. The zero-order valence-electron chi connectivity index (χ0n) is 27.1. The molecule has 4 N–H and O–H groups in total. The molecule has 242 valence electrons. The lowest BCUT2D eigenvalue weighted by Crippen LogP contribution is -2.90. The van der Waals surface area contributed by atoms with Gasteiger partial charge in [0.25, 0.3) is 5.91 Å². The van der Waals surface area contributed by atoms with E-state index in [0.717, 1.165) is 42.6 Å². The zero-order chi connectivity index (χ0) is 31.8. The second kappa shape index (κ2) is 11.2. The Labute approximate surface area is 266 Å². The molecular formula is C36H48N4O5. The molecule has 10 atom stereocenters. The lowest BCUT2D eigenvalue weighted by atomic mass is 9.21. The van der Waals surface area contributed by atoms with Gasteiger partial charge < -0.3 is 25.7 Å². The fourth-order valence-electron chi connectivity index (χ4n) is 9.95. The van der Waals surface area contributed by atoms with Gasteiger partial charge in [-0.3, -0.25) is 14.4 Å². The van der Waals surface area contributed by atoms with E-state index in [1.807, 2.05) is 42.5 Å². The zero-order valence-corrected chi connectivity index (χ0v) is 27.1. The fraction of sp³-hybridized carbons (Fsp3) is 0.611. The number of hydrogen-bond acceptors (Lipinski definition) is 7. The number of carbonyl (C=O) groups excluding carboxylic acids is 2. The highest BCUT2D eigenvalue weighted by atomic mass is 16.7. The summed E-state index contributed by atoms with van der Waals surface area (Å²) in [7, 11) is 2.07. The normalized spacial score (nSPS) is 37.1. The maximum absolute atomic E-state index is 14.1. The number of nitrogens with one attached hydrogen (secondary N) is 2. The summed E-state index contributed by atoms with van der Waals surface area (Å²) < 4.78 is 0. The maximum Gasteiger partial charge on any atom is 0.251 e. The lowest BCUT2D eigenvalue weighted by Gasteiger charge is -2.86. The molecule has 3 aliphatic carbocycles. The average molecular weight is 617 g/mol. The molecule has 0 spiro atoms. The van der Waals surface area contributed by atoms with E-state index < -0.39 is 24.2 Å². The van der Waals surface area contributed by atoms with Crippen LogP contribution in [0.5, 0.6) is 0 Å². The first-order valence-corrected chi connectivity index (χ1v) is 16.7. The van der Waals surface area contributed by atoms with Crippen LogP contribution in [0, 0.1) is 35.0 Å². The topological polar surface area (TPSA) is 114 Å². The fourth-order valence-corrected chi connectivity index (χ4v) is 9.95. The van der Waals surface area contributed by atoms with Gasteiger partial charge in [-0.1, -0.05) is 51.1 Å². The first-order valence-electron chi connectivity index (χ1n) is 16.7. The number of likely N-dealkylation sites (N-methyl/N-ethyl adjacent to an activating group) is 1. The molecule has 9 nitrogen and oxygen atoms in total. The summed E-state index contributed by atoms with van der Waals surface area (Å²) in [5.74, 6) is 1.53. The van der Waals surface area contributed by atoms with Crippen LogP contribution in [0.1, 0.15) is 56.5 Å². The van der Waals surface area contributed by atoms with E-state index >= 15 is 0 Å². The number of benzene rings is 2. The Bertz CT molecular complexity index is 1450. The van der Waals surface area contributed by atoms with Gasteiger partial charge in [0.2, 0.25) is 5.91 Å². The summed E-state index contributed by atoms with van der Waals surface area (Å²) >= 11 is 0. The van der Waals surface area contributed by atoms with E-state index in [1.165, 1.54) is 0 Å². The van der Waals surface area contributed by atoms with Crippen molar-refractivity contribution in [3.05, 3.63) is 59.7 Å². The highest BCUT2D eigenvalue weighted by molar-refractivity contribution is 5.95. The van der Waals surface area contributed by atoms with Gasteiger partial charge in [-0.15, -0.1) is 0 Å². The van der Waals surface area contributed by atoms with Crippen molar-refractivity contribution in [1.82, 2.24) is 20.6 Å². The van der Waals surface area contributed by atoms with E-state index in [-0.39, 0.29) is 30.0 Å². The second-order valence-corrected chi connectivity index (χ2v) is 15.2. The van der Waals surface area contributed by atoms with Gasteiger partial charge in [-0.25, -0.2) is 0 Å². The molecule has 2 saturated heterocycles. The molecule has 3 saturated carbocycles. The molecule has 2 unspecified atom stereocenters. The largest absolute Gasteiger partial charge is 0.394 e. The van der Waals surface area contributed by atoms with Crippen LogP contribution in [0.3, 0.4) is 0 Å². The highest BCUT2D eigenvalue weighted by Gasteiger charge is 2.83. The number of rotatable bonds is 9. The Hall–Kier alpha value is -2.82. The Balaban J connectivity index is 1.06. The van der Waals surface area contributed by atoms with E-state index in [1.54, 1.807) is 12.0 Å². The molecule has 5 fully saturated rings. The molecule has 0 bridgehead atoms. The summed E-state index contributed by atoms with van der Waals surface area (Å²) in [6.45, 7) is 10.6. The van der Waals surface area contributed by atoms with Crippen LogP contribution in [-0.2, 0) is 16.2 Å². The van der Waals surface area contributed by atoms with Crippen LogP contribution < -0.4 is 10.6 Å². The quantitative estimate of drug-likeness (QED) is 0.343. The third kappa shape index (κ3) is 4.85. The minimum Gasteiger partial charge on any atom is -0.394 e. The number of hydroxylamine groups is 2. The molecule has 0 aromatic heterocycles. The van der Waals surface area contributed by atoms with E-state index in [9.17, 15) is 19.8 Å². The molecule has 2 aliphatic heterocycles. The monoisotopic (exact) mass is 616 g/mol. The number of amides is 2. The molecule has 2 aromatic carbocycles. The lowest BCUT2D eigenvalue weighted by molar-refractivity contribution is -0.349. The van der Waals surface area contributed by atoms with Crippen LogP contribution >= 0.6 is 0 Å². The number of carbonyl (C=O) groups is 2. The van der Waals surface area contributed by atoms with Gasteiger partial charge in [0.05, 0.1) is 19.3 Å². The van der Waals surface area contributed by atoms with Gasteiger partial charge >= 0.3 is 0 Å². The first kappa shape index (κ1) is 30.8. The van der Waals surface area contributed by atoms with Crippen LogP contribution in [0.2, 0.25) is 0 Å². The molecule has 45 heavy (non-hydrogen) atoms. The summed E-state index contributed by atoms with van der Waals surface area (Å²) in [5, 5.41) is 29.2. The predicted molar refractivity (Wildman–Crippen MR) is 171 cm³/mol. The Morgan fingerprint density at radius 3 is 2.49 bits per heavy atom. The van der Waals surface area contributed by atoms with Crippen molar-refractivity contribution in [1.29, 1.82) is 0 Å². The molecule has 2 aromatic rings. The maximum atomic E-state index is 14.1. The van der Waals surface area contributed by atoms with Gasteiger partial charge in [-0.05, 0) is 97.3 Å².